The lowest BCUT2D eigenvalue weighted by molar-refractivity contribution is -0.288. The van der Waals surface area contributed by atoms with E-state index < -0.39 is 54.6 Å². The van der Waals surface area contributed by atoms with Crippen molar-refractivity contribution >= 4 is 47.1 Å². The van der Waals surface area contributed by atoms with Gasteiger partial charge >= 0.3 is 23.9 Å². The number of ether oxygens (including phenoxy) is 6. The smallest absolute Gasteiger partial charge is 0.303 e. The van der Waals surface area contributed by atoms with Gasteiger partial charge < -0.3 is 28.4 Å². The van der Waals surface area contributed by atoms with Gasteiger partial charge in [0.05, 0.1) is 5.02 Å². The summed E-state index contributed by atoms with van der Waals surface area (Å²) in [7, 11) is 0. The summed E-state index contributed by atoms with van der Waals surface area (Å²) >= 11 is 12.1. The van der Waals surface area contributed by atoms with E-state index in [0.717, 1.165) is 20.8 Å². The molecule has 1 aromatic carbocycles. The van der Waals surface area contributed by atoms with Gasteiger partial charge in [0, 0.05) is 32.7 Å². The highest BCUT2D eigenvalue weighted by atomic mass is 35.5. The minimum atomic E-state index is -1.38. The maximum atomic E-state index is 11.8. The van der Waals surface area contributed by atoms with E-state index in [4.69, 9.17) is 51.6 Å². The van der Waals surface area contributed by atoms with Gasteiger partial charge in [-0.3, -0.25) is 19.2 Å². The molecule has 1 heterocycles. The summed E-state index contributed by atoms with van der Waals surface area (Å²) in [5, 5.41) is 0.481. The summed E-state index contributed by atoms with van der Waals surface area (Å²) in [5.41, 5.74) is 0. The third-order valence-electron chi connectivity index (χ3n) is 4.09. The Labute approximate surface area is 193 Å². The predicted molar refractivity (Wildman–Crippen MR) is 109 cm³/mol. The number of esters is 4. The molecule has 0 radical (unpaired) electrons. The zero-order chi connectivity index (χ0) is 24.0. The van der Waals surface area contributed by atoms with E-state index >= 15 is 0 Å². The Morgan fingerprint density at radius 2 is 1.41 bits per heavy atom. The van der Waals surface area contributed by atoms with Gasteiger partial charge in [-0.15, -0.1) is 0 Å². The largest absolute Gasteiger partial charge is 0.463 e. The SMILES string of the molecule is CC(=O)OC[C@H]1O[C@@H](Oc2ccc(Cl)cc2Cl)[C@H](OC(C)=O)[C@@H](OC(C)=O)[C@@H]1OC(C)=O. The van der Waals surface area contributed by atoms with E-state index in [0.29, 0.717) is 5.02 Å². The van der Waals surface area contributed by atoms with Crippen molar-refractivity contribution in [3.63, 3.8) is 0 Å². The fraction of sp³-hybridized carbons (Fsp3) is 0.500. The van der Waals surface area contributed by atoms with Crippen LogP contribution in [0.4, 0.5) is 0 Å². The number of hydrogen-bond donors (Lipinski definition) is 0. The van der Waals surface area contributed by atoms with Crippen molar-refractivity contribution in [1.29, 1.82) is 0 Å². The average Bonchev–Trinajstić information content (AvgIpc) is 2.65. The van der Waals surface area contributed by atoms with Crippen molar-refractivity contribution in [2.75, 3.05) is 6.61 Å². The van der Waals surface area contributed by atoms with Crippen molar-refractivity contribution < 1.29 is 47.6 Å². The Hall–Kier alpha value is -2.56. The van der Waals surface area contributed by atoms with Crippen molar-refractivity contribution in [2.24, 2.45) is 0 Å². The summed E-state index contributed by atoms with van der Waals surface area (Å²) in [4.78, 5) is 46.6. The molecule has 0 aliphatic carbocycles. The highest BCUT2D eigenvalue weighted by molar-refractivity contribution is 6.35. The molecule has 12 heteroatoms. The molecule has 1 saturated heterocycles. The molecule has 0 saturated carbocycles. The standard InChI is InChI=1S/C20H22Cl2O10/c1-9(23)27-8-16-17(28-10(2)24)18(29-11(3)25)19(30-12(4)26)20(32-16)31-15-6-5-13(21)7-14(15)22/h5-7,16-20H,8H2,1-4H3/t16-,17-,18+,19-,20-/m1/s1. The van der Waals surface area contributed by atoms with E-state index in [1.807, 2.05) is 0 Å². The number of carbonyl (C=O) groups is 4. The van der Waals surface area contributed by atoms with Crippen LogP contribution in [-0.4, -0.2) is 61.2 Å². The van der Waals surface area contributed by atoms with Crippen LogP contribution in [0.15, 0.2) is 18.2 Å². The summed E-state index contributed by atoms with van der Waals surface area (Å²) in [6, 6.07) is 4.39. The molecule has 1 aromatic rings. The molecule has 0 bridgehead atoms. The molecule has 0 spiro atoms. The van der Waals surface area contributed by atoms with Crippen molar-refractivity contribution in [2.45, 2.75) is 58.4 Å². The molecule has 176 valence electrons. The second kappa shape index (κ2) is 11.3. The monoisotopic (exact) mass is 492 g/mol. The number of hydrogen-bond acceptors (Lipinski definition) is 10. The van der Waals surface area contributed by atoms with Crippen LogP contribution >= 0.6 is 23.2 Å². The highest BCUT2D eigenvalue weighted by Crippen LogP contribution is 2.34. The van der Waals surface area contributed by atoms with Gasteiger partial charge in [0.25, 0.3) is 0 Å². The van der Waals surface area contributed by atoms with Gasteiger partial charge in [0.1, 0.15) is 18.5 Å². The predicted octanol–water partition coefficient (Wildman–Crippen LogP) is 2.46. The first kappa shape index (κ1) is 25.7. The van der Waals surface area contributed by atoms with Gasteiger partial charge in [-0.05, 0) is 18.2 Å². The molecular weight excluding hydrogens is 471 g/mol. The molecule has 5 atom stereocenters. The van der Waals surface area contributed by atoms with Gasteiger partial charge in [0.15, 0.2) is 12.2 Å². The Balaban J connectivity index is 2.47. The Bertz CT molecular complexity index is 874. The third-order valence-corrected chi connectivity index (χ3v) is 4.62. The molecule has 0 unspecified atom stereocenters. The fourth-order valence-electron chi connectivity index (χ4n) is 2.98. The molecule has 1 aliphatic rings. The molecule has 10 nitrogen and oxygen atoms in total. The minimum Gasteiger partial charge on any atom is -0.463 e. The molecule has 1 aliphatic heterocycles. The number of rotatable bonds is 7. The molecular formula is C20H22Cl2O10. The number of benzene rings is 1. The summed E-state index contributed by atoms with van der Waals surface area (Å²) in [5.74, 6) is -2.73. The second-order valence-electron chi connectivity index (χ2n) is 6.76. The van der Waals surface area contributed by atoms with Gasteiger partial charge in [0.2, 0.25) is 12.4 Å². The zero-order valence-corrected chi connectivity index (χ0v) is 19.2. The van der Waals surface area contributed by atoms with Crippen LogP contribution in [-0.2, 0) is 42.9 Å². The first-order valence-electron chi connectivity index (χ1n) is 9.40. The van der Waals surface area contributed by atoms with Crippen LogP contribution in [0.5, 0.6) is 5.75 Å². The Morgan fingerprint density at radius 1 is 0.844 bits per heavy atom. The lowest BCUT2D eigenvalue weighted by Gasteiger charge is -2.43. The number of halogens is 2. The number of carbonyl (C=O) groups excluding carboxylic acids is 4. The quantitative estimate of drug-likeness (QED) is 0.413. The molecule has 0 N–H and O–H groups in total. The fourth-order valence-corrected chi connectivity index (χ4v) is 3.43. The minimum absolute atomic E-state index is 0.122. The van der Waals surface area contributed by atoms with Gasteiger partial charge in [-0.2, -0.15) is 0 Å². The lowest BCUT2D eigenvalue weighted by atomic mass is 9.98. The van der Waals surface area contributed by atoms with Crippen LogP contribution in [0.2, 0.25) is 10.0 Å². The van der Waals surface area contributed by atoms with Gasteiger partial charge in [-0.1, -0.05) is 23.2 Å². The van der Waals surface area contributed by atoms with Crippen LogP contribution in [0, 0.1) is 0 Å². The molecule has 0 amide bonds. The van der Waals surface area contributed by atoms with Crippen molar-refractivity contribution in [1.82, 2.24) is 0 Å². The van der Waals surface area contributed by atoms with Gasteiger partial charge in [-0.25, -0.2) is 0 Å². The van der Waals surface area contributed by atoms with Crippen molar-refractivity contribution in [3.05, 3.63) is 28.2 Å². The molecule has 1 fully saturated rings. The molecule has 32 heavy (non-hydrogen) atoms. The maximum absolute atomic E-state index is 11.8. The topological polar surface area (TPSA) is 124 Å². The van der Waals surface area contributed by atoms with Crippen molar-refractivity contribution in [3.8, 4) is 5.75 Å². The maximum Gasteiger partial charge on any atom is 0.303 e. The Morgan fingerprint density at radius 3 is 1.94 bits per heavy atom. The van der Waals surface area contributed by atoms with E-state index in [2.05, 4.69) is 0 Å². The average molecular weight is 493 g/mol. The second-order valence-corrected chi connectivity index (χ2v) is 7.60. The summed E-state index contributed by atoms with van der Waals surface area (Å²) in [6.45, 7) is 4.19. The van der Waals surface area contributed by atoms with E-state index in [1.165, 1.54) is 25.1 Å². The zero-order valence-electron chi connectivity index (χ0n) is 17.7. The highest BCUT2D eigenvalue weighted by Gasteiger charge is 2.53. The van der Waals surface area contributed by atoms with Crippen LogP contribution in [0.25, 0.3) is 0 Å². The third kappa shape index (κ3) is 7.25. The van der Waals surface area contributed by atoms with Crippen LogP contribution < -0.4 is 4.74 Å². The lowest BCUT2D eigenvalue weighted by Crippen LogP contribution is -2.63. The summed E-state index contributed by atoms with van der Waals surface area (Å²) in [6.07, 6.45) is -6.49. The molecule has 2 rings (SSSR count). The van der Waals surface area contributed by atoms with E-state index in [1.54, 1.807) is 0 Å². The van der Waals surface area contributed by atoms with E-state index in [-0.39, 0.29) is 17.4 Å². The van der Waals surface area contributed by atoms with Crippen LogP contribution in [0.1, 0.15) is 27.7 Å². The molecule has 0 aromatic heterocycles. The van der Waals surface area contributed by atoms with E-state index in [9.17, 15) is 19.2 Å². The Kier molecular flexibility index (Phi) is 9.11. The first-order valence-corrected chi connectivity index (χ1v) is 10.2. The van der Waals surface area contributed by atoms with Crippen LogP contribution in [0.3, 0.4) is 0 Å². The first-order chi connectivity index (χ1) is 15.0. The summed E-state index contributed by atoms with van der Waals surface area (Å²) < 4.78 is 32.5. The normalized spacial score (nSPS) is 24.8.